The zero-order chi connectivity index (χ0) is 36.6. The van der Waals surface area contributed by atoms with Crippen molar-refractivity contribution in [3.63, 3.8) is 0 Å². The Morgan fingerprint density at radius 3 is 1.69 bits per heavy atom. The van der Waals surface area contributed by atoms with Crippen molar-refractivity contribution in [1.29, 1.82) is 0 Å². The Morgan fingerprint density at radius 2 is 1.10 bits per heavy atom. The van der Waals surface area contributed by atoms with Gasteiger partial charge in [0.15, 0.2) is 11.5 Å². The molecule has 52 heavy (non-hydrogen) atoms. The predicted octanol–water partition coefficient (Wildman–Crippen LogP) is 13.6. The molecule has 3 aliphatic carbocycles. The van der Waals surface area contributed by atoms with Gasteiger partial charge in [0, 0.05) is 17.0 Å². The van der Waals surface area contributed by atoms with Crippen molar-refractivity contribution >= 4 is 17.1 Å². The van der Waals surface area contributed by atoms with Crippen LogP contribution in [0.1, 0.15) is 103 Å². The molecule has 2 heteroatoms. The Morgan fingerprint density at radius 1 is 0.558 bits per heavy atom. The monoisotopic (exact) mass is 681 g/mol. The third-order valence-electron chi connectivity index (χ3n) is 12.5. The number of benzene rings is 5. The summed E-state index contributed by atoms with van der Waals surface area (Å²) >= 11 is 0. The molecule has 4 aliphatic rings. The van der Waals surface area contributed by atoms with Crippen LogP contribution in [0.15, 0.2) is 127 Å². The van der Waals surface area contributed by atoms with Crippen LogP contribution in [0.25, 0.3) is 11.1 Å². The van der Waals surface area contributed by atoms with Gasteiger partial charge >= 0.3 is 0 Å². The smallest absolute Gasteiger partial charge is 0.151 e. The van der Waals surface area contributed by atoms with E-state index in [-0.39, 0.29) is 27.6 Å². The molecule has 0 radical (unpaired) electrons. The fraction of sp³-hybridized carbons (Fsp3) is 0.320. The van der Waals surface area contributed by atoms with Gasteiger partial charge < -0.3 is 9.64 Å². The highest BCUT2D eigenvalue weighted by molar-refractivity contribution is 5.92. The first-order valence-corrected chi connectivity index (χ1v) is 19.1. The van der Waals surface area contributed by atoms with Crippen molar-refractivity contribution in [2.24, 2.45) is 11.3 Å². The zero-order valence-electron chi connectivity index (χ0n) is 32.5. The molecule has 0 fully saturated rings. The first-order chi connectivity index (χ1) is 24.5. The molecule has 0 saturated carbocycles. The molecule has 2 nitrogen and oxygen atoms in total. The maximum atomic E-state index is 6.47. The number of hydrogen-bond donors (Lipinski definition) is 0. The third kappa shape index (κ3) is 4.49. The van der Waals surface area contributed by atoms with E-state index in [1.807, 2.05) is 0 Å². The molecule has 3 unspecified atom stereocenters. The Labute approximate surface area is 310 Å². The molecular formula is C50H51NO. The maximum absolute atomic E-state index is 6.47. The Hall–Kier alpha value is -4.82. The summed E-state index contributed by atoms with van der Waals surface area (Å²) in [6.45, 7) is 23.7. The van der Waals surface area contributed by atoms with Crippen LogP contribution in [0.4, 0.5) is 17.1 Å². The van der Waals surface area contributed by atoms with E-state index in [1.165, 1.54) is 50.1 Å². The molecule has 3 atom stereocenters. The molecule has 9 rings (SSSR count). The average molecular weight is 682 g/mol. The summed E-state index contributed by atoms with van der Waals surface area (Å²) in [6.07, 6.45) is 7.65. The van der Waals surface area contributed by atoms with Crippen LogP contribution in [-0.2, 0) is 21.7 Å². The minimum atomic E-state index is -0.403. The van der Waals surface area contributed by atoms with E-state index in [0.717, 1.165) is 28.6 Å². The molecule has 0 bridgehead atoms. The summed E-state index contributed by atoms with van der Waals surface area (Å²) < 4.78 is 6.47. The van der Waals surface area contributed by atoms with E-state index in [4.69, 9.17) is 4.74 Å². The van der Waals surface area contributed by atoms with Crippen molar-refractivity contribution in [3.8, 4) is 22.6 Å². The highest BCUT2D eigenvalue weighted by atomic mass is 16.5. The average Bonchev–Trinajstić information content (AvgIpc) is 3.51. The Balaban J connectivity index is 1.41. The van der Waals surface area contributed by atoms with Crippen LogP contribution in [0.2, 0.25) is 0 Å². The molecule has 5 aromatic rings. The first-order valence-electron chi connectivity index (χ1n) is 19.1. The molecule has 1 heterocycles. The van der Waals surface area contributed by atoms with Gasteiger partial charge in [-0.1, -0.05) is 154 Å². The van der Waals surface area contributed by atoms with Gasteiger partial charge in [-0.25, -0.2) is 0 Å². The lowest BCUT2D eigenvalue weighted by atomic mass is 9.59. The van der Waals surface area contributed by atoms with E-state index in [0.29, 0.717) is 0 Å². The minimum Gasteiger partial charge on any atom is -0.453 e. The van der Waals surface area contributed by atoms with Gasteiger partial charge in [-0.2, -0.15) is 0 Å². The third-order valence-corrected chi connectivity index (χ3v) is 12.5. The first kappa shape index (κ1) is 33.0. The predicted molar refractivity (Wildman–Crippen MR) is 218 cm³/mol. The number of ether oxygens (including phenoxy) is 1. The molecule has 1 aliphatic heterocycles. The van der Waals surface area contributed by atoms with Gasteiger partial charge in [-0.15, -0.1) is 0 Å². The molecule has 1 spiro atoms. The Bertz CT molecular complexity index is 2320. The number of nitrogens with zero attached hydrogens (tertiary/aromatic N) is 1. The summed E-state index contributed by atoms with van der Waals surface area (Å²) in [4.78, 5) is 2.41. The normalized spacial score (nSPS) is 22.5. The molecule has 5 aromatic carbocycles. The van der Waals surface area contributed by atoms with Crippen LogP contribution >= 0.6 is 0 Å². The van der Waals surface area contributed by atoms with Crippen molar-refractivity contribution in [2.45, 2.75) is 90.9 Å². The summed E-state index contributed by atoms with van der Waals surface area (Å²) in [7, 11) is 0. The molecule has 0 aromatic heterocycles. The fourth-order valence-corrected chi connectivity index (χ4v) is 9.64. The number of fused-ring (bicyclic) bond motifs is 12. The van der Waals surface area contributed by atoms with Crippen molar-refractivity contribution < 1.29 is 4.74 Å². The minimum absolute atomic E-state index is 0.00767. The van der Waals surface area contributed by atoms with E-state index in [9.17, 15) is 0 Å². The number of anilines is 3. The van der Waals surface area contributed by atoms with Gasteiger partial charge in [0.25, 0.3) is 0 Å². The molecular weight excluding hydrogens is 631 g/mol. The standard InChI is InChI=1S/C50H51NO/c1-46(2,3)31-19-22-35-36-23-21-34(51-41-15-11-13-17-43(41)52-44-18-14-12-16-42(44)51)30-39(36)50(38(35)27-31)40-28-32(47(4,5)6)20-24-37(40)49(10)26-25-33(29-45(49)50)48(7,8)9/h11-30,45H,1-10H3. The van der Waals surface area contributed by atoms with E-state index >= 15 is 0 Å². The lowest BCUT2D eigenvalue weighted by molar-refractivity contribution is 0.359. The van der Waals surface area contributed by atoms with Crippen LogP contribution in [0, 0.1) is 11.3 Å². The zero-order valence-corrected chi connectivity index (χ0v) is 32.5. The highest BCUT2D eigenvalue weighted by Gasteiger charge is 2.62. The van der Waals surface area contributed by atoms with Gasteiger partial charge in [0.05, 0.1) is 16.8 Å². The van der Waals surface area contributed by atoms with Crippen molar-refractivity contribution in [1.82, 2.24) is 0 Å². The van der Waals surface area contributed by atoms with Crippen LogP contribution < -0.4 is 9.64 Å². The van der Waals surface area contributed by atoms with Crippen molar-refractivity contribution in [3.05, 3.63) is 160 Å². The fourth-order valence-electron chi connectivity index (χ4n) is 9.64. The summed E-state index contributed by atoms with van der Waals surface area (Å²) in [6, 6.07) is 39.0. The lowest BCUT2D eigenvalue weighted by Gasteiger charge is -2.43. The molecule has 0 N–H and O–H groups in total. The van der Waals surface area contributed by atoms with Crippen LogP contribution in [-0.4, -0.2) is 0 Å². The highest BCUT2D eigenvalue weighted by Crippen LogP contribution is 2.69. The van der Waals surface area contributed by atoms with E-state index < -0.39 is 5.41 Å². The van der Waals surface area contributed by atoms with Gasteiger partial charge in [0.2, 0.25) is 0 Å². The summed E-state index contributed by atoms with van der Waals surface area (Å²) in [5, 5.41) is 0. The second kappa shape index (κ2) is 10.6. The Kier molecular flexibility index (Phi) is 6.75. The maximum Gasteiger partial charge on any atom is 0.151 e. The quantitative estimate of drug-likeness (QED) is 0.171. The number of allylic oxidation sites excluding steroid dienone is 4. The summed E-state index contributed by atoms with van der Waals surface area (Å²) in [5.74, 6) is 1.93. The van der Waals surface area contributed by atoms with E-state index in [2.05, 4.69) is 195 Å². The summed E-state index contributed by atoms with van der Waals surface area (Å²) in [5.41, 5.74) is 15.3. The topological polar surface area (TPSA) is 12.5 Å². The second-order valence-corrected chi connectivity index (χ2v) is 18.9. The largest absolute Gasteiger partial charge is 0.453 e. The van der Waals surface area contributed by atoms with Crippen LogP contribution in [0.5, 0.6) is 11.5 Å². The van der Waals surface area contributed by atoms with Gasteiger partial charge in [-0.3, -0.25) is 0 Å². The van der Waals surface area contributed by atoms with Gasteiger partial charge in [0.1, 0.15) is 0 Å². The molecule has 0 saturated heterocycles. The number of rotatable bonds is 1. The number of para-hydroxylation sites is 4. The van der Waals surface area contributed by atoms with E-state index in [1.54, 1.807) is 0 Å². The molecule has 262 valence electrons. The van der Waals surface area contributed by atoms with Crippen molar-refractivity contribution in [2.75, 3.05) is 4.90 Å². The SMILES string of the molecule is CC(C)(C)C1=CC2C(C)(C=C1)c1ccc(C(C)(C)C)cc1C21c2cc(N3c4ccccc4Oc4ccccc43)ccc2-c2ccc(C(C)(C)C)cc21. The van der Waals surface area contributed by atoms with Gasteiger partial charge in [-0.05, 0) is 103 Å². The molecule has 0 amide bonds. The number of hydrogen-bond acceptors (Lipinski definition) is 2. The van der Waals surface area contributed by atoms with Crippen LogP contribution in [0.3, 0.4) is 0 Å². The lowest BCUT2D eigenvalue weighted by Crippen LogP contribution is -2.40. The second-order valence-electron chi connectivity index (χ2n) is 18.9.